The van der Waals surface area contributed by atoms with E-state index in [1.807, 2.05) is 13.0 Å². The fourth-order valence-corrected chi connectivity index (χ4v) is 1.89. The SMILES string of the molecule is Cc1ccn2c(-c3ccccc3F)nnc2c1N. The zero-order valence-corrected chi connectivity index (χ0v) is 9.76. The van der Waals surface area contributed by atoms with Crippen LogP contribution < -0.4 is 5.73 Å². The molecule has 4 nitrogen and oxygen atoms in total. The Labute approximate surface area is 103 Å². The summed E-state index contributed by atoms with van der Waals surface area (Å²) >= 11 is 0. The van der Waals surface area contributed by atoms with Crippen molar-refractivity contribution in [2.75, 3.05) is 5.73 Å². The minimum Gasteiger partial charge on any atom is -0.395 e. The molecule has 18 heavy (non-hydrogen) atoms. The van der Waals surface area contributed by atoms with Crippen molar-refractivity contribution in [3.63, 3.8) is 0 Å². The Morgan fingerprint density at radius 1 is 1.17 bits per heavy atom. The fraction of sp³-hybridized carbons (Fsp3) is 0.0769. The minimum absolute atomic E-state index is 0.328. The third-order valence-corrected chi connectivity index (χ3v) is 2.95. The van der Waals surface area contributed by atoms with Gasteiger partial charge in [0.05, 0.1) is 11.3 Å². The Bertz CT molecular complexity index is 733. The van der Waals surface area contributed by atoms with Crippen LogP contribution in [0.2, 0.25) is 0 Å². The lowest BCUT2D eigenvalue weighted by Gasteiger charge is -2.04. The first-order valence-corrected chi connectivity index (χ1v) is 5.53. The van der Waals surface area contributed by atoms with Gasteiger partial charge in [-0.3, -0.25) is 4.40 Å². The highest BCUT2D eigenvalue weighted by atomic mass is 19.1. The Morgan fingerprint density at radius 3 is 2.72 bits per heavy atom. The quantitative estimate of drug-likeness (QED) is 0.713. The maximum atomic E-state index is 13.7. The number of aryl methyl sites for hydroxylation is 1. The number of nitrogens with zero attached hydrogens (tertiary/aromatic N) is 3. The standard InChI is InChI=1S/C13H11FN4/c1-8-6-7-18-12(16-17-13(18)11(8)15)9-4-2-3-5-10(9)14/h2-7H,15H2,1H3. The maximum absolute atomic E-state index is 13.7. The van der Waals surface area contributed by atoms with Gasteiger partial charge in [0.2, 0.25) is 0 Å². The molecular formula is C13H11FN4. The highest BCUT2D eigenvalue weighted by Crippen LogP contribution is 2.24. The van der Waals surface area contributed by atoms with Crippen LogP contribution in [0, 0.1) is 12.7 Å². The summed E-state index contributed by atoms with van der Waals surface area (Å²) in [5.74, 6) is 0.126. The summed E-state index contributed by atoms with van der Waals surface area (Å²) in [5.41, 5.74) is 8.38. The van der Waals surface area contributed by atoms with Crippen molar-refractivity contribution in [2.45, 2.75) is 6.92 Å². The van der Waals surface area contributed by atoms with E-state index in [2.05, 4.69) is 10.2 Å². The van der Waals surface area contributed by atoms with E-state index in [4.69, 9.17) is 5.73 Å². The average molecular weight is 242 g/mol. The van der Waals surface area contributed by atoms with E-state index in [1.54, 1.807) is 28.8 Å². The summed E-state index contributed by atoms with van der Waals surface area (Å²) < 4.78 is 15.4. The van der Waals surface area contributed by atoms with E-state index < -0.39 is 0 Å². The highest BCUT2D eigenvalue weighted by Gasteiger charge is 2.13. The largest absolute Gasteiger partial charge is 0.395 e. The molecule has 0 aliphatic rings. The molecule has 0 unspecified atom stereocenters. The minimum atomic E-state index is -0.328. The second kappa shape index (κ2) is 3.80. The summed E-state index contributed by atoms with van der Waals surface area (Å²) in [6, 6.07) is 8.32. The van der Waals surface area contributed by atoms with E-state index in [0.717, 1.165) is 5.56 Å². The molecule has 3 rings (SSSR count). The molecule has 0 spiro atoms. The summed E-state index contributed by atoms with van der Waals surface area (Å²) in [4.78, 5) is 0. The monoisotopic (exact) mass is 242 g/mol. The summed E-state index contributed by atoms with van der Waals surface area (Å²) in [5, 5.41) is 8.04. The molecule has 0 bridgehead atoms. The van der Waals surface area contributed by atoms with E-state index in [9.17, 15) is 4.39 Å². The topological polar surface area (TPSA) is 56.2 Å². The smallest absolute Gasteiger partial charge is 0.184 e. The number of nitrogen functional groups attached to an aromatic ring is 1. The fourth-order valence-electron chi connectivity index (χ4n) is 1.89. The van der Waals surface area contributed by atoms with Crippen molar-refractivity contribution in [2.24, 2.45) is 0 Å². The van der Waals surface area contributed by atoms with Gasteiger partial charge in [-0.05, 0) is 30.7 Å². The van der Waals surface area contributed by atoms with Crippen molar-refractivity contribution in [3.8, 4) is 11.4 Å². The van der Waals surface area contributed by atoms with Crippen LogP contribution in [0.1, 0.15) is 5.56 Å². The van der Waals surface area contributed by atoms with Crippen molar-refractivity contribution in [3.05, 3.63) is 47.9 Å². The van der Waals surface area contributed by atoms with Crippen molar-refractivity contribution < 1.29 is 4.39 Å². The number of aromatic nitrogens is 3. The molecule has 2 aromatic heterocycles. The van der Waals surface area contributed by atoms with E-state index in [1.165, 1.54) is 6.07 Å². The number of hydrogen-bond acceptors (Lipinski definition) is 3. The van der Waals surface area contributed by atoms with Crippen LogP contribution in [-0.4, -0.2) is 14.6 Å². The second-order valence-corrected chi connectivity index (χ2v) is 4.11. The van der Waals surface area contributed by atoms with Crippen LogP contribution >= 0.6 is 0 Å². The summed E-state index contributed by atoms with van der Waals surface area (Å²) in [6.07, 6.45) is 1.79. The van der Waals surface area contributed by atoms with Crippen molar-refractivity contribution >= 4 is 11.3 Å². The van der Waals surface area contributed by atoms with Crippen LogP contribution in [0.15, 0.2) is 36.5 Å². The lowest BCUT2D eigenvalue weighted by atomic mass is 10.2. The van der Waals surface area contributed by atoms with Crippen LogP contribution in [0.4, 0.5) is 10.1 Å². The van der Waals surface area contributed by atoms with E-state index in [0.29, 0.717) is 22.7 Å². The number of anilines is 1. The Kier molecular flexibility index (Phi) is 2.26. The predicted molar refractivity (Wildman–Crippen MR) is 67.5 cm³/mol. The van der Waals surface area contributed by atoms with Gasteiger partial charge in [0.15, 0.2) is 11.5 Å². The summed E-state index contributed by atoms with van der Waals surface area (Å²) in [7, 11) is 0. The third-order valence-electron chi connectivity index (χ3n) is 2.95. The molecule has 2 heterocycles. The first kappa shape index (κ1) is 10.7. The lowest BCUT2D eigenvalue weighted by Crippen LogP contribution is -1.97. The number of rotatable bonds is 1. The zero-order valence-electron chi connectivity index (χ0n) is 9.76. The highest BCUT2D eigenvalue weighted by molar-refractivity contribution is 5.71. The Balaban J connectivity index is 2.32. The van der Waals surface area contributed by atoms with Gasteiger partial charge in [-0.1, -0.05) is 12.1 Å². The molecule has 3 aromatic rings. The van der Waals surface area contributed by atoms with Gasteiger partial charge in [-0.15, -0.1) is 10.2 Å². The van der Waals surface area contributed by atoms with Crippen LogP contribution in [0.3, 0.4) is 0 Å². The normalized spacial score (nSPS) is 11.0. The molecule has 0 fully saturated rings. The molecule has 0 saturated carbocycles. The molecule has 0 aliphatic heterocycles. The molecule has 0 aliphatic carbocycles. The molecule has 1 aromatic carbocycles. The molecule has 0 amide bonds. The van der Waals surface area contributed by atoms with Crippen LogP contribution in [-0.2, 0) is 0 Å². The molecule has 0 atom stereocenters. The number of benzene rings is 1. The Morgan fingerprint density at radius 2 is 1.94 bits per heavy atom. The van der Waals surface area contributed by atoms with E-state index in [-0.39, 0.29) is 5.82 Å². The Hall–Kier alpha value is -2.43. The van der Waals surface area contributed by atoms with Gasteiger partial charge < -0.3 is 5.73 Å². The first-order valence-electron chi connectivity index (χ1n) is 5.53. The molecule has 0 saturated heterocycles. The average Bonchev–Trinajstić information content (AvgIpc) is 2.79. The number of fused-ring (bicyclic) bond motifs is 1. The van der Waals surface area contributed by atoms with Gasteiger partial charge in [-0.2, -0.15) is 0 Å². The second-order valence-electron chi connectivity index (χ2n) is 4.11. The number of hydrogen-bond donors (Lipinski definition) is 1. The van der Waals surface area contributed by atoms with Crippen LogP contribution in [0.5, 0.6) is 0 Å². The lowest BCUT2D eigenvalue weighted by molar-refractivity contribution is 0.629. The van der Waals surface area contributed by atoms with Gasteiger partial charge in [0, 0.05) is 6.20 Å². The van der Waals surface area contributed by atoms with Gasteiger partial charge in [0.25, 0.3) is 0 Å². The van der Waals surface area contributed by atoms with Crippen molar-refractivity contribution in [1.82, 2.24) is 14.6 Å². The van der Waals surface area contributed by atoms with Crippen molar-refractivity contribution in [1.29, 1.82) is 0 Å². The van der Waals surface area contributed by atoms with Gasteiger partial charge in [-0.25, -0.2) is 4.39 Å². The number of nitrogens with two attached hydrogens (primary N) is 1. The summed E-state index contributed by atoms with van der Waals surface area (Å²) in [6.45, 7) is 1.90. The van der Waals surface area contributed by atoms with Gasteiger partial charge >= 0.3 is 0 Å². The first-order chi connectivity index (χ1) is 8.68. The predicted octanol–water partition coefficient (Wildman–Crippen LogP) is 2.43. The van der Waals surface area contributed by atoms with E-state index >= 15 is 0 Å². The molecular weight excluding hydrogens is 231 g/mol. The zero-order chi connectivity index (χ0) is 12.7. The molecule has 5 heteroatoms. The molecule has 2 N–H and O–H groups in total. The number of halogens is 1. The molecule has 0 radical (unpaired) electrons. The van der Waals surface area contributed by atoms with Gasteiger partial charge in [0.1, 0.15) is 5.82 Å². The molecule has 90 valence electrons. The maximum Gasteiger partial charge on any atom is 0.184 e. The van der Waals surface area contributed by atoms with Crippen LogP contribution in [0.25, 0.3) is 17.0 Å². The third kappa shape index (κ3) is 1.44. The number of pyridine rings is 1.